The molecule has 0 heterocycles. The van der Waals surface area contributed by atoms with Crippen molar-refractivity contribution >= 4 is 33.9 Å². The van der Waals surface area contributed by atoms with E-state index in [4.69, 9.17) is 0 Å². The molecule has 0 saturated carbocycles. The maximum atomic E-state index is 13.2. The molecule has 0 aromatic heterocycles. The molecule has 0 amide bonds. The van der Waals surface area contributed by atoms with Gasteiger partial charge in [-0.15, -0.1) is 0 Å². The number of nitrogens with one attached hydrogen (secondary N) is 2. The van der Waals surface area contributed by atoms with E-state index in [-0.39, 0.29) is 22.4 Å². The number of phenolic OH excluding ortho intramolecular Hbond substituents is 2. The molecule has 7 rings (SSSR count). The highest BCUT2D eigenvalue weighted by Gasteiger charge is 2.35. The number of benzene rings is 6. The summed E-state index contributed by atoms with van der Waals surface area (Å²) in [7, 11) is 0. The van der Waals surface area contributed by atoms with E-state index in [1.165, 1.54) is 24.3 Å². The Balaban J connectivity index is 1.16. The molecule has 1 aliphatic carbocycles. The summed E-state index contributed by atoms with van der Waals surface area (Å²) in [5, 5.41) is 76.7. The second-order valence-electron chi connectivity index (χ2n) is 11.3. The topological polar surface area (TPSA) is 151 Å². The summed E-state index contributed by atoms with van der Waals surface area (Å²) in [6.07, 6.45) is 0. The molecule has 0 fully saturated rings. The van der Waals surface area contributed by atoms with Crippen LogP contribution in [0, 0.1) is 0 Å². The molecule has 0 spiro atoms. The van der Waals surface area contributed by atoms with Crippen molar-refractivity contribution in [2.45, 2.75) is 0 Å². The first-order valence-electron chi connectivity index (χ1n) is 15.1. The fourth-order valence-electron chi connectivity index (χ4n) is 5.97. The van der Waals surface area contributed by atoms with Gasteiger partial charge in [-0.3, -0.25) is 0 Å². The predicted molar refractivity (Wildman–Crippen MR) is 185 cm³/mol. The number of phenols is 2. The number of anilines is 4. The lowest BCUT2D eigenvalue weighted by atomic mass is 9.83. The number of aromatic hydroxyl groups is 2. The Morgan fingerprint density at radius 1 is 0.417 bits per heavy atom. The number of hydrogen-bond donors (Lipinski definition) is 6. The largest absolute Gasteiger partial charge is 0.872 e. The van der Waals surface area contributed by atoms with Crippen LogP contribution in [0.2, 0.25) is 0 Å². The van der Waals surface area contributed by atoms with E-state index in [0.29, 0.717) is 11.4 Å². The SMILES string of the molecule is [O-]c1cc(Nc2ccccc2-c2ccccc2)cc([O-])c1C1=C(O)C(c2c(O)cc(Nc3ccccc3-c3ccccc3)cc2O)=C1O. The Kier molecular flexibility index (Phi) is 7.59. The van der Waals surface area contributed by atoms with E-state index < -0.39 is 40.1 Å². The van der Waals surface area contributed by atoms with Gasteiger partial charge in [0.05, 0.1) is 16.7 Å². The van der Waals surface area contributed by atoms with Gasteiger partial charge in [0.25, 0.3) is 0 Å². The minimum atomic E-state index is -0.723. The van der Waals surface area contributed by atoms with Crippen molar-refractivity contribution < 1.29 is 30.6 Å². The monoisotopic (exact) mass is 632 g/mol. The first-order chi connectivity index (χ1) is 23.3. The van der Waals surface area contributed by atoms with Crippen LogP contribution in [0.15, 0.2) is 145 Å². The molecule has 0 atom stereocenters. The zero-order valence-electron chi connectivity index (χ0n) is 25.3. The molecule has 0 unspecified atom stereocenters. The quantitative estimate of drug-likeness (QED) is 0.0980. The van der Waals surface area contributed by atoms with Crippen molar-refractivity contribution in [1.29, 1.82) is 0 Å². The van der Waals surface area contributed by atoms with Crippen LogP contribution in [0.5, 0.6) is 23.0 Å². The van der Waals surface area contributed by atoms with Crippen LogP contribution < -0.4 is 20.8 Å². The van der Waals surface area contributed by atoms with Gasteiger partial charge in [0.1, 0.15) is 23.0 Å². The van der Waals surface area contributed by atoms with Crippen LogP contribution in [0.3, 0.4) is 0 Å². The van der Waals surface area contributed by atoms with Gasteiger partial charge in [0.15, 0.2) is 0 Å². The van der Waals surface area contributed by atoms with Gasteiger partial charge in [-0.1, -0.05) is 109 Å². The van der Waals surface area contributed by atoms with Gasteiger partial charge in [-0.2, -0.15) is 0 Å². The second kappa shape index (κ2) is 12.2. The van der Waals surface area contributed by atoms with Crippen LogP contribution in [-0.4, -0.2) is 20.4 Å². The molecule has 1 aliphatic rings. The summed E-state index contributed by atoms with van der Waals surface area (Å²) < 4.78 is 0. The number of hydrogen-bond acceptors (Lipinski definition) is 8. The van der Waals surface area contributed by atoms with E-state index >= 15 is 0 Å². The molecule has 48 heavy (non-hydrogen) atoms. The number of rotatable bonds is 8. The molecular formula is C40H28N2O6-2. The van der Waals surface area contributed by atoms with Crippen LogP contribution in [0.4, 0.5) is 22.7 Å². The summed E-state index contributed by atoms with van der Waals surface area (Å²) in [5.41, 5.74) is 4.36. The van der Waals surface area contributed by atoms with Crippen molar-refractivity contribution in [3.8, 4) is 45.3 Å². The lowest BCUT2D eigenvalue weighted by Crippen LogP contribution is -2.15. The molecule has 0 saturated heterocycles. The first-order valence-corrected chi connectivity index (χ1v) is 15.1. The van der Waals surface area contributed by atoms with Crippen LogP contribution in [0.1, 0.15) is 11.1 Å². The first kappa shape index (κ1) is 29.9. The summed E-state index contributed by atoms with van der Waals surface area (Å²) in [4.78, 5) is 0. The highest BCUT2D eigenvalue weighted by Crippen LogP contribution is 2.53. The fraction of sp³-hybridized carbons (Fsp3) is 0. The molecular weight excluding hydrogens is 604 g/mol. The Morgan fingerprint density at radius 3 is 1.25 bits per heavy atom. The molecule has 6 N–H and O–H groups in total. The third-order valence-corrected chi connectivity index (χ3v) is 8.19. The molecule has 0 aliphatic heterocycles. The van der Waals surface area contributed by atoms with Crippen LogP contribution >= 0.6 is 0 Å². The Labute approximate surface area is 276 Å². The lowest BCUT2D eigenvalue weighted by molar-refractivity contribution is -0.280. The third-order valence-electron chi connectivity index (χ3n) is 8.19. The van der Waals surface area contributed by atoms with Gasteiger partial charge in [-0.05, 0) is 41.0 Å². The summed E-state index contributed by atoms with van der Waals surface area (Å²) in [5.74, 6) is -3.53. The predicted octanol–water partition coefficient (Wildman–Crippen LogP) is 8.32. The molecule has 6 aromatic carbocycles. The van der Waals surface area contributed by atoms with Gasteiger partial charge < -0.3 is 41.3 Å². The molecule has 236 valence electrons. The van der Waals surface area contributed by atoms with Gasteiger partial charge in [0, 0.05) is 46.0 Å². The molecule has 8 nitrogen and oxygen atoms in total. The number of aliphatic hydroxyl groups excluding tert-OH is 2. The smallest absolute Gasteiger partial charge is 0.138 e. The summed E-state index contributed by atoms with van der Waals surface area (Å²) in [6, 6.07) is 39.5. The zero-order valence-corrected chi connectivity index (χ0v) is 25.3. The van der Waals surface area contributed by atoms with E-state index in [1.54, 1.807) is 0 Å². The Bertz CT molecular complexity index is 2030. The average Bonchev–Trinajstić information content (AvgIpc) is 3.09. The lowest BCUT2D eigenvalue weighted by Gasteiger charge is -2.31. The fourth-order valence-corrected chi connectivity index (χ4v) is 5.97. The van der Waals surface area contributed by atoms with Gasteiger partial charge >= 0.3 is 0 Å². The zero-order chi connectivity index (χ0) is 33.4. The van der Waals surface area contributed by atoms with Crippen molar-refractivity contribution in [1.82, 2.24) is 0 Å². The molecule has 0 radical (unpaired) electrons. The van der Waals surface area contributed by atoms with Crippen LogP contribution in [-0.2, 0) is 0 Å². The maximum Gasteiger partial charge on any atom is 0.138 e. The minimum Gasteiger partial charge on any atom is -0.872 e. The van der Waals surface area contributed by atoms with Crippen molar-refractivity contribution in [2.24, 2.45) is 0 Å². The van der Waals surface area contributed by atoms with E-state index in [2.05, 4.69) is 10.6 Å². The van der Waals surface area contributed by atoms with Gasteiger partial charge in [-0.25, -0.2) is 0 Å². The highest BCUT2D eigenvalue weighted by molar-refractivity contribution is 6.10. The van der Waals surface area contributed by atoms with Gasteiger partial charge in [0.2, 0.25) is 0 Å². The highest BCUT2D eigenvalue weighted by atomic mass is 16.3. The van der Waals surface area contributed by atoms with Crippen molar-refractivity contribution in [2.75, 3.05) is 10.6 Å². The average molecular weight is 633 g/mol. The van der Waals surface area contributed by atoms with E-state index in [9.17, 15) is 30.6 Å². The normalized spacial score (nSPS) is 12.5. The molecule has 0 bridgehead atoms. The maximum absolute atomic E-state index is 13.2. The third kappa shape index (κ3) is 5.37. The van der Waals surface area contributed by atoms with Crippen molar-refractivity contribution in [3.05, 3.63) is 156 Å². The minimum absolute atomic E-state index is 0.243. The van der Waals surface area contributed by atoms with E-state index in [0.717, 1.165) is 27.9 Å². The number of para-hydroxylation sites is 2. The Hall–Kier alpha value is -6.80. The van der Waals surface area contributed by atoms with Crippen molar-refractivity contribution in [3.63, 3.8) is 0 Å². The van der Waals surface area contributed by atoms with Crippen LogP contribution in [0.25, 0.3) is 33.4 Å². The Morgan fingerprint density at radius 2 is 0.792 bits per heavy atom. The molecule has 8 heteroatoms. The number of aliphatic hydroxyl groups is 2. The standard InChI is InChI=1S/C40H30N2O6/c43-31-19-25(41-29-17-9-7-15-27(29)23-11-3-1-4-12-23)20-32(44)35(31)37-39(47)38(40(37)48)36-33(45)21-26(22-34(36)46)42-30-18-10-8-16-28(30)24-13-5-2-6-14-24/h1-22,41-48H/p-2. The summed E-state index contributed by atoms with van der Waals surface area (Å²) >= 11 is 0. The molecule has 6 aromatic rings. The second-order valence-corrected chi connectivity index (χ2v) is 11.3. The van der Waals surface area contributed by atoms with E-state index in [1.807, 2.05) is 109 Å². The number of allylic oxidation sites excluding steroid dienone is 2. The summed E-state index contributed by atoms with van der Waals surface area (Å²) in [6.45, 7) is 0.